The fourth-order valence-electron chi connectivity index (χ4n) is 2.39. The Morgan fingerprint density at radius 1 is 1.11 bits per heavy atom. The molecule has 0 aromatic heterocycles. The first-order valence-electron chi connectivity index (χ1n) is 8.58. The van der Waals surface area contributed by atoms with Crippen LogP contribution >= 0.6 is 39.1 Å². The van der Waals surface area contributed by atoms with Gasteiger partial charge in [-0.25, -0.2) is 0 Å². The molecule has 2 rings (SSSR count). The van der Waals surface area contributed by atoms with Crippen molar-refractivity contribution < 1.29 is 14.3 Å². The number of benzene rings is 2. The molecule has 0 saturated carbocycles. The van der Waals surface area contributed by atoms with Crippen LogP contribution in [-0.2, 0) is 11.3 Å². The lowest BCUT2D eigenvalue weighted by Crippen LogP contribution is -2.43. The average Bonchev–Trinajstić information content (AvgIpc) is 2.60. The SMILES string of the molecule is COc1cc(CNc2ccc(Cl)c(Cl)c2)c(Br)cc1OCC(=O)NC(C)(C)C. The van der Waals surface area contributed by atoms with E-state index in [1.54, 1.807) is 25.3 Å². The second-order valence-electron chi connectivity index (χ2n) is 7.16. The molecule has 1 amide bonds. The zero-order chi connectivity index (χ0) is 20.9. The summed E-state index contributed by atoms with van der Waals surface area (Å²) in [5, 5.41) is 7.13. The van der Waals surface area contributed by atoms with Gasteiger partial charge in [0.1, 0.15) is 0 Å². The highest BCUT2D eigenvalue weighted by molar-refractivity contribution is 9.10. The maximum absolute atomic E-state index is 12.0. The van der Waals surface area contributed by atoms with Crippen LogP contribution in [0.1, 0.15) is 26.3 Å². The quantitative estimate of drug-likeness (QED) is 0.526. The predicted octanol–water partition coefficient (Wildman–Crippen LogP) is 5.67. The van der Waals surface area contributed by atoms with E-state index in [2.05, 4.69) is 26.6 Å². The second-order valence-corrected chi connectivity index (χ2v) is 8.83. The zero-order valence-corrected chi connectivity index (χ0v) is 19.3. The first kappa shape index (κ1) is 22.7. The summed E-state index contributed by atoms with van der Waals surface area (Å²) >= 11 is 15.5. The number of carbonyl (C=O) groups excluding carboxylic acids is 1. The van der Waals surface area contributed by atoms with Crippen LogP contribution in [-0.4, -0.2) is 25.2 Å². The van der Waals surface area contributed by atoms with Crippen LogP contribution < -0.4 is 20.1 Å². The van der Waals surface area contributed by atoms with E-state index in [4.69, 9.17) is 32.7 Å². The number of carbonyl (C=O) groups is 1. The zero-order valence-electron chi connectivity index (χ0n) is 16.2. The Kier molecular flexibility index (Phi) is 7.87. The Balaban J connectivity index is 2.07. The van der Waals surface area contributed by atoms with Gasteiger partial charge >= 0.3 is 0 Å². The van der Waals surface area contributed by atoms with Crippen LogP contribution in [0.4, 0.5) is 5.69 Å². The monoisotopic (exact) mass is 488 g/mol. The molecule has 8 heteroatoms. The average molecular weight is 490 g/mol. The van der Waals surface area contributed by atoms with Gasteiger partial charge in [-0.2, -0.15) is 0 Å². The highest BCUT2D eigenvalue weighted by Crippen LogP contribution is 2.34. The maximum Gasteiger partial charge on any atom is 0.258 e. The van der Waals surface area contributed by atoms with Crippen molar-refractivity contribution >= 4 is 50.7 Å². The Morgan fingerprint density at radius 3 is 2.43 bits per heavy atom. The number of methoxy groups -OCH3 is 1. The number of anilines is 1. The van der Waals surface area contributed by atoms with Crippen LogP contribution in [0.3, 0.4) is 0 Å². The van der Waals surface area contributed by atoms with E-state index in [1.165, 1.54) is 0 Å². The van der Waals surface area contributed by atoms with Crippen molar-refractivity contribution in [2.24, 2.45) is 0 Å². The number of nitrogens with one attached hydrogen (secondary N) is 2. The molecule has 0 spiro atoms. The summed E-state index contributed by atoms with van der Waals surface area (Å²) in [4.78, 5) is 12.0. The van der Waals surface area contributed by atoms with Crippen molar-refractivity contribution in [3.63, 3.8) is 0 Å². The summed E-state index contributed by atoms with van der Waals surface area (Å²) in [6, 6.07) is 8.99. The number of rotatable bonds is 7. The molecule has 2 N–H and O–H groups in total. The molecule has 0 heterocycles. The molecule has 0 aliphatic heterocycles. The lowest BCUT2D eigenvalue weighted by atomic mass is 10.1. The third-order valence-corrected chi connectivity index (χ3v) is 5.09. The van der Waals surface area contributed by atoms with Crippen LogP contribution in [0.5, 0.6) is 11.5 Å². The van der Waals surface area contributed by atoms with Gasteiger partial charge in [0.2, 0.25) is 0 Å². The minimum absolute atomic E-state index is 0.0963. The second kappa shape index (κ2) is 9.72. The topological polar surface area (TPSA) is 59.6 Å². The van der Waals surface area contributed by atoms with E-state index >= 15 is 0 Å². The van der Waals surface area contributed by atoms with Crippen molar-refractivity contribution in [3.8, 4) is 11.5 Å². The van der Waals surface area contributed by atoms with Gasteiger partial charge in [-0.05, 0) is 56.7 Å². The number of amides is 1. The van der Waals surface area contributed by atoms with Crippen molar-refractivity contribution in [1.29, 1.82) is 0 Å². The van der Waals surface area contributed by atoms with E-state index in [0.29, 0.717) is 28.1 Å². The van der Waals surface area contributed by atoms with Crippen LogP contribution in [0.25, 0.3) is 0 Å². The summed E-state index contributed by atoms with van der Waals surface area (Å²) in [7, 11) is 1.56. The Labute approximate surface area is 183 Å². The first-order valence-corrected chi connectivity index (χ1v) is 10.1. The van der Waals surface area contributed by atoms with E-state index in [1.807, 2.05) is 32.9 Å². The minimum Gasteiger partial charge on any atom is -0.493 e. The van der Waals surface area contributed by atoms with Crippen LogP contribution in [0.15, 0.2) is 34.8 Å². The number of hydrogen-bond donors (Lipinski definition) is 2. The summed E-state index contributed by atoms with van der Waals surface area (Å²) < 4.78 is 11.9. The number of hydrogen-bond acceptors (Lipinski definition) is 4. The van der Waals surface area contributed by atoms with Gasteiger partial charge in [0, 0.05) is 22.2 Å². The van der Waals surface area contributed by atoms with Gasteiger partial charge in [0.25, 0.3) is 5.91 Å². The Hall–Kier alpha value is -1.63. The van der Waals surface area contributed by atoms with Crippen molar-refractivity contribution in [2.75, 3.05) is 19.0 Å². The smallest absolute Gasteiger partial charge is 0.258 e. The molecule has 0 saturated heterocycles. The summed E-state index contributed by atoms with van der Waals surface area (Å²) in [5.41, 5.74) is 1.49. The van der Waals surface area contributed by atoms with E-state index in [-0.39, 0.29) is 18.1 Å². The molecule has 0 atom stereocenters. The first-order chi connectivity index (χ1) is 13.1. The molecule has 28 heavy (non-hydrogen) atoms. The standard InChI is InChI=1S/C20H23BrCl2N2O3/c1-20(2,3)25-19(26)11-28-18-9-14(21)12(7-17(18)27-4)10-24-13-5-6-15(22)16(23)8-13/h5-9,24H,10-11H2,1-4H3,(H,25,26). The molecule has 0 unspecified atom stereocenters. The highest BCUT2D eigenvalue weighted by atomic mass is 79.9. The molecule has 2 aromatic carbocycles. The van der Waals surface area contributed by atoms with Gasteiger partial charge in [-0.15, -0.1) is 0 Å². The molecule has 2 aromatic rings. The molecule has 0 fully saturated rings. The highest BCUT2D eigenvalue weighted by Gasteiger charge is 2.16. The molecule has 0 aliphatic rings. The van der Waals surface area contributed by atoms with Crippen LogP contribution in [0, 0.1) is 0 Å². The Morgan fingerprint density at radius 2 is 1.82 bits per heavy atom. The van der Waals surface area contributed by atoms with Gasteiger partial charge in [-0.3, -0.25) is 4.79 Å². The van der Waals surface area contributed by atoms with Crippen molar-refractivity contribution in [1.82, 2.24) is 5.32 Å². The minimum atomic E-state index is -0.314. The number of halogens is 3. The fraction of sp³-hybridized carbons (Fsp3) is 0.350. The van der Waals surface area contributed by atoms with E-state index < -0.39 is 0 Å². The molecular formula is C20H23BrCl2N2O3. The molecule has 0 aliphatic carbocycles. The normalized spacial score (nSPS) is 11.1. The van der Waals surface area contributed by atoms with Gasteiger partial charge in [-0.1, -0.05) is 39.1 Å². The fourth-order valence-corrected chi connectivity index (χ4v) is 3.15. The summed E-state index contributed by atoms with van der Waals surface area (Å²) in [6.07, 6.45) is 0. The van der Waals surface area contributed by atoms with E-state index in [9.17, 15) is 4.79 Å². The summed E-state index contributed by atoms with van der Waals surface area (Å²) in [6.45, 7) is 6.17. The van der Waals surface area contributed by atoms with Gasteiger partial charge in [0.05, 0.1) is 17.2 Å². The molecule has 152 valence electrons. The lowest BCUT2D eigenvalue weighted by Gasteiger charge is -2.21. The third-order valence-electron chi connectivity index (χ3n) is 3.61. The van der Waals surface area contributed by atoms with Crippen LogP contribution in [0.2, 0.25) is 10.0 Å². The Bertz CT molecular complexity index is 854. The largest absolute Gasteiger partial charge is 0.493 e. The maximum atomic E-state index is 12.0. The van der Waals surface area contributed by atoms with Gasteiger partial charge < -0.3 is 20.1 Å². The molecule has 0 bridgehead atoms. The molecule has 5 nitrogen and oxygen atoms in total. The van der Waals surface area contributed by atoms with E-state index in [0.717, 1.165) is 15.7 Å². The summed E-state index contributed by atoms with van der Waals surface area (Å²) in [5.74, 6) is 0.824. The third kappa shape index (κ3) is 6.76. The number of ether oxygens (including phenoxy) is 2. The predicted molar refractivity (Wildman–Crippen MR) is 118 cm³/mol. The van der Waals surface area contributed by atoms with Gasteiger partial charge in [0.15, 0.2) is 18.1 Å². The molecule has 0 radical (unpaired) electrons. The lowest BCUT2D eigenvalue weighted by molar-refractivity contribution is -0.124. The van der Waals surface area contributed by atoms with Crippen molar-refractivity contribution in [2.45, 2.75) is 32.9 Å². The van der Waals surface area contributed by atoms with Crippen molar-refractivity contribution in [3.05, 3.63) is 50.4 Å². The molecular weight excluding hydrogens is 467 g/mol.